The number of anilines is 1. The molecule has 1 unspecified atom stereocenters. The maximum atomic E-state index is 11.9. The molecule has 0 heterocycles. The number of azide groups is 1. The van der Waals surface area contributed by atoms with Crippen molar-refractivity contribution in [2.24, 2.45) is 5.11 Å². The van der Waals surface area contributed by atoms with Gasteiger partial charge in [0.2, 0.25) is 10.0 Å². The molecule has 0 aliphatic rings. The molecule has 10 heteroatoms. The van der Waals surface area contributed by atoms with Crippen molar-refractivity contribution in [2.75, 3.05) is 11.0 Å². The molecule has 2 aromatic rings. The molecule has 2 aromatic carbocycles. The number of benzene rings is 2. The quantitative estimate of drug-likeness (QED) is 0.169. The monoisotopic (exact) mass is 476 g/mol. The second-order valence-corrected chi connectivity index (χ2v) is 14.2. The van der Waals surface area contributed by atoms with Gasteiger partial charge in [-0.1, -0.05) is 62.3 Å². The second-order valence-electron chi connectivity index (χ2n) is 7.70. The maximum Gasteiger partial charge on any atom is 0.229 e. The van der Waals surface area contributed by atoms with Crippen LogP contribution < -0.4 is 9.46 Å². The number of ether oxygens (including phenoxy) is 1. The zero-order chi connectivity index (χ0) is 23.6. The summed E-state index contributed by atoms with van der Waals surface area (Å²) in [5.74, 6) is 0.420. The number of sulfonamides is 1. The van der Waals surface area contributed by atoms with Crippen LogP contribution in [0.2, 0.25) is 18.1 Å². The summed E-state index contributed by atoms with van der Waals surface area (Å²) in [5.41, 5.74) is 11.1. The zero-order valence-electron chi connectivity index (χ0n) is 19.1. The van der Waals surface area contributed by atoms with Crippen LogP contribution in [0.25, 0.3) is 10.4 Å². The summed E-state index contributed by atoms with van der Waals surface area (Å²) in [6, 6.07) is 17.7. The van der Waals surface area contributed by atoms with Gasteiger partial charge >= 0.3 is 0 Å². The first-order valence-electron chi connectivity index (χ1n) is 10.7. The Labute approximate surface area is 191 Å². The first kappa shape index (κ1) is 25.7. The molecule has 0 amide bonds. The summed E-state index contributed by atoms with van der Waals surface area (Å²) < 4.78 is 38.6. The summed E-state index contributed by atoms with van der Waals surface area (Å²) in [4.78, 5) is 2.97. The fourth-order valence-corrected chi connectivity index (χ4v) is 6.77. The van der Waals surface area contributed by atoms with Crippen LogP contribution in [0, 0.1) is 0 Å². The third-order valence-corrected chi connectivity index (χ3v) is 10.7. The molecule has 2 rings (SSSR count). The van der Waals surface area contributed by atoms with Gasteiger partial charge in [-0.05, 0) is 46.9 Å². The van der Waals surface area contributed by atoms with E-state index >= 15 is 0 Å². The molecule has 0 fully saturated rings. The molecule has 0 aromatic heterocycles. The van der Waals surface area contributed by atoms with E-state index in [1.165, 1.54) is 0 Å². The van der Waals surface area contributed by atoms with Gasteiger partial charge in [0.1, 0.15) is 18.6 Å². The molecule has 0 aliphatic heterocycles. The van der Waals surface area contributed by atoms with Crippen molar-refractivity contribution in [2.45, 2.75) is 58.2 Å². The van der Waals surface area contributed by atoms with Crippen molar-refractivity contribution in [3.8, 4) is 5.75 Å². The fraction of sp³-hybridized carbons (Fsp3) is 0.455. The van der Waals surface area contributed by atoms with Crippen LogP contribution in [0.1, 0.15) is 31.9 Å². The van der Waals surface area contributed by atoms with Gasteiger partial charge in [0, 0.05) is 11.3 Å². The highest BCUT2D eigenvalue weighted by atomic mass is 32.2. The average Bonchev–Trinajstić information content (AvgIpc) is 2.77. The van der Waals surface area contributed by atoms with Crippen molar-refractivity contribution >= 4 is 24.0 Å². The van der Waals surface area contributed by atoms with E-state index < -0.39 is 24.6 Å². The van der Waals surface area contributed by atoms with Crippen LogP contribution in [0.4, 0.5) is 5.69 Å². The molecule has 0 spiro atoms. The number of hydrogen-bond acceptors (Lipinski definition) is 5. The summed E-state index contributed by atoms with van der Waals surface area (Å²) in [7, 11) is -5.50. The van der Waals surface area contributed by atoms with Crippen LogP contribution in [0.3, 0.4) is 0 Å². The van der Waals surface area contributed by atoms with Gasteiger partial charge in [0.25, 0.3) is 0 Å². The van der Waals surface area contributed by atoms with E-state index in [0.29, 0.717) is 24.5 Å². The van der Waals surface area contributed by atoms with Gasteiger partial charge in [-0.3, -0.25) is 4.72 Å². The van der Waals surface area contributed by atoms with Gasteiger partial charge in [-0.15, -0.1) is 0 Å². The highest BCUT2D eigenvalue weighted by Crippen LogP contribution is 2.30. The SMILES string of the molecule is CC[Si](CC)(CC)OC(Cc1ccc(OCc2ccccc2)c(NS(C)(=O)=O)c1)N=[N+]=[N-]. The largest absolute Gasteiger partial charge is 0.487 e. The lowest BCUT2D eigenvalue weighted by molar-refractivity contribution is 0.194. The van der Waals surface area contributed by atoms with Crippen LogP contribution in [0.5, 0.6) is 5.75 Å². The molecule has 0 saturated carbocycles. The molecule has 8 nitrogen and oxygen atoms in total. The lowest BCUT2D eigenvalue weighted by Gasteiger charge is -2.31. The highest BCUT2D eigenvalue weighted by molar-refractivity contribution is 7.92. The topological polar surface area (TPSA) is 113 Å². The molecule has 0 aliphatic carbocycles. The Hall–Kier alpha value is -2.52. The number of nitrogens with one attached hydrogen (secondary N) is 1. The predicted octanol–water partition coefficient (Wildman–Crippen LogP) is 5.84. The van der Waals surface area contributed by atoms with E-state index in [-0.39, 0.29) is 0 Å². The van der Waals surface area contributed by atoms with Crippen LogP contribution in [0.15, 0.2) is 53.6 Å². The minimum atomic E-state index is -3.52. The van der Waals surface area contributed by atoms with Crippen LogP contribution >= 0.6 is 0 Å². The lowest BCUT2D eigenvalue weighted by Crippen LogP contribution is -2.39. The third-order valence-electron chi connectivity index (χ3n) is 5.49. The molecule has 1 atom stereocenters. The molecular formula is C22H32N4O4SSi. The zero-order valence-corrected chi connectivity index (χ0v) is 20.9. The van der Waals surface area contributed by atoms with Gasteiger partial charge in [0.15, 0.2) is 8.32 Å². The minimum absolute atomic E-state index is 0.306. The van der Waals surface area contributed by atoms with Crippen LogP contribution in [-0.2, 0) is 27.5 Å². The standard InChI is InChI=1S/C22H32N4O4SSi/c1-5-32(6-2,7-3)30-22(24-26-23)16-19-13-14-21(20(15-19)25-31(4,27)28)29-17-18-11-9-8-10-12-18/h8-15,22,25H,5-7,16-17H2,1-4H3. The number of hydrogen-bond donors (Lipinski definition) is 1. The van der Waals surface area contributed by atoms with Crippen molar-refractivity contribution in [1.82, 2.24) is 0 Å². The Morgan fingerprint density at radius 1 is 1.06 bits per heavy atom. The smallest absolute Gasteiger partial charge is 0.229 e. The predicted molar refractivity (Wildman–Crippen MR) is 131 cm³/mol. The van der Waals surface area contributed by atoms with Gasteiger partial charge in [0.05, 0.1) is 11.9 Å². The Bertz CT molecular complexity index is 1020. The Balaban J connectivity index is 2.28. The highest BCUT2D eigenvalue weighted by Gasteiger charge is 2.31. The van der Waals surface area contributed by atoms with Gasteiger partial charge in [-0.25, -0.2) is 8.42 Å². The van der Waals surface area contributed by atoms with Crippen molar-refractivity contribution in [1.29, 1.82) is 0 Å². The molecule has 0 bridgehead atoms. The maximum absolute atomic E-state index is 11.9. The summed E-state index contributed by atoms with van der Waals surface area (Å²) in [5, 5.41) is 3.87. The lowest BCUT2D eigenvalue weighted by atomic mass is 10.1. The minimum Gasteiger partial charge on any atom is -0.487 e. The first-order chi connectivity index (χ1) is 15.2. The fourth-order valence-electron chi connectivity index (χ4n) is 3.50. The van der Waals surface area contributed by atoms with E-state index in [1.807, 2.05) is 36.4 Å². The van der Waals surface area contributed by atoms with Crippen molar-refractivity contribution in [3.05, 3.63) is 70.1 Å². The molecular weight excluding hydrogens is 444 g/mol. The second kappa shape index (κ2) is 11.9. The Morgan fingerprint density at radius 3 is 2.28 bits per heavy atom. The molecule has 0 saturated heterocycles. The Morgan fingerprint density at radius 2 is 1.72 bits per heavy atom. The summed E-state index contributed by atoms with van der Waals surface area (Å²) >= 11 is 0. The molecule has 174 valence electrons. The number of nitrogens with zero attached hydrogens (tertiary/aromatic N) is 3. The van der Waals surface area contributed by atoms with Crippen LogP contribution in [-0.4, -0.2) is 29.2 Å². The summed E-state index contributed by atoms with van der Waals surface area (Å²) in [6.45, 7) is 6.64. The number of rotatable bonds is 13. The summed E-state index contributed by atoms with van der Waals surface area (Å²) in [6.07, 6.45) is 0.792. The van der Waals surface area contributed by atoms with Gasteiger partial charge in [-0.2, -0.15) is 0 Å². The normalized spacial score (nSPS) is 12.6. The van der Waals surface area contributed by atoms with E-state index in [2.05, 4.69) is 35.5 Å². The van der Waals surface area contributed by atoms with E-state index in [0.717, 1.165) is 35.5 Å². The first-order valence-corrected chi connectivity index (χ1v) is 15.2. The Kier molecular flexibility index (Phi) is 9.58. The third kappa shape index (κ3) is 7.87. The van der Waals surface area contributed by atoms with Crippen molar-refractivity contribution < 1.29 is 17.6 Å². The van der Waals surface area contributed by atoms with E-state index in [4.69, 9.17) is 14.7 Å². The molecule has 1 N–H and O–H groups in total. The van der Waals surface area contributed by atoms with Crippen molar-refractivity contribution in [3.63, 3.8) is 0 Å². The average molecular weight is 477 g/mol. The molecule has 0 radical (unpaired) electrons. The van der Waals surface area contributed by atoms with E-state index in [9.17, 15) is 8.42 Å². The molecule has 32 heavy (non-hydrogen) atoms. The van der Waals surface area contributed by atoms with E-state index in [1.54, 1.807) is 12.1 Å². The van der Waals surface area contributed by atoms with Gasteiger partial charge < -0.3 is 9.16 Å².